The topological polar surface area (TPSA) is 53.7 Å². The highest BCUT2D eigenvalue weighted by atomic mass is 35.5. The number of halogens is 1. The highest BCUT2D eigenvalue weighted by Crippen LogP contribution is 2.36. The van der Waals surface area contributed by atoms with Gasteiger partial charge < -0.3 is 9.47 Å². The van der Waals surface area contributed by atoms with E-state index < -0.39 is 0 Å². The van der Waals surface area contributed by atoms with Crippen molar-refractivity contribution in [2.45, 2.75) is 19.4 Å². The maximum atomic E-state index is 6.10. The first-order chi connectivity index (χ1) is 8.24. The van der Waals surface area contributed by atoms with Gasteiger partial charge in [-0.25, -0.2) is 5.90 Å². The number of benzene rings is 1. The summed E-state index contributed by atoms with van der Waals surface area (Å²) < 4.78 is 10.9. The number of methoxy groups -OCH3 is 1. The van der Waals surface area contributed by atoms with Crippen molar-refractivity contribution >= 4 is 11.6 Å². The van der Waals surface area contributed by atoms with Crippen LogP contribution < -0.4 is 15.4 Å². The summed E-state index contributed by atoms with van der Waals surface area (Å²) in [5.41, 5.74) is 0.782. The van der Waals surface area contributed by atoms with Gasteiger partial charge in [0.1, 0.15) is 0 Å². The van der Waals surface area contributed by atoms with Crippen LogP contribution in [0.1, 0.15) is 18.4 Å². The molecular formula is C12H16ClNO3. The van der Waals surface area contributed by atoms with E-state index in [-0.39, 0.29) is 6.61 Å². The molecule has 0 aromatic heterocycles. The predicted molar refractivity (Wildman–Crippen MR) is 65.2 cm³/mol. The normalized spacial score (nSPS) is 14.8. The summed E-state index contributed by atoms with van der Waals surface area (Å²) in [6.45, 7) is 0.970. The molecule has 1 aliphatic carbocycles. The molecular weight excluding hydrogens is 242 g/mol. The lowest BCUT2D eigenvalue weighted by atomic mass is 10.2. The van der Waals surface area contributed by atoms with Gasteiger partial charge in [-0.1, -0.05) is 11.6 Å². The Balaban J connectivity index is 2.14. The summed E-state index contributed by atoms with van der Waals surface area (Å²) in [6, 6.07) is 3.54. The molecule has 1 fully saturated rings. The zero-order valence-corrected chi connectivity index (χ0v) is 10.5. The van der Waals surface area contributed by atoms with Crippen LogP contribution >= 0.6 is 11.6 Å². The molecule has 5 heteroatoms. The number of hydrogen-bond acceptors (Lipinski definition) is 4. The Kier molecular flexibility index (Phi) is 4.10. The minimum Gasteiger partial charge on any atom is -0.493 e. The highest BCUT2D eigenvalue weighted by molar-refractivity contribution is 6.31. The minimum absolute atomic E-state index is 0.248. The molecule has 0 unspecified atom stereocenters. The lowest BCUT2D eigenvalue weighted by molar-refractivity contribution is 0.124. The average Bonchev–Trinajstić information content (AvgIpc) is 3.13. The van der Waals surface area contributed by atoms with Crippen molar-refractivity contribution in [3.05, 3.63) is 22.7 Å². The molecule has 0 aliphatic heterocycles. The zero-order valence-electron chi connectivity index (χ0n) is 9.74. The summed E-state index contributed by atoms with van der Waals surface area (Å²) in [6.07, 6.45) is 2.49. The largest absolute Gasteiger partial charge is 0.493 e. The van der Waals surface area contributed by atoms with Crippen molar-refractivity contribution in [3.63, 3.8) is 0 Å². The van der Waals surface area contributed by atoms with Crippen LogP contribution in [0.2, 0.25) is 5.02 Å². The molecule has 0 atom stereocenters. The van der Waals surface area contributed by atoms with Crippen LogP contribution in [0.15, 0.2) is 12.1 Å². The summed E-state index contributed by atoms with van der Waals surface area (Å²) in [7, 11) is 1.60. The first-order valence-electron chi connectivity index (χ1n) is 5.55. The SMILES string of the molecule is COc1cc(CON)c(Cl)cc1OCC1CC1. The average molecular weight is 258 g/mol. The van der Waals surface area contributed by atoms with E-state index in [2.05, 4.69) is 4.84 Å². The van der Waals surface area contributed by atoms with Crippen molar-refractivity contribution in [2.75, 3.05) is 13.7 Å². The van der Waals surface area contributed by atoms with Crippen LogP contribution in [0.4, 0.5) is 0 Å². The predicted octanol–water partition coefficient (Wildman–Crippen LogP) is 2.53. The third-order valence-electron chi connectivity index (χ3n) is 2.74. The van der Waals surface area contributed by atoms with Gasteiger partial charge in [-0.15, -0.1) is 0 Å². The summed E-state index contributed by atoms with van der Waals surface area (Å²) >= 11 is 6.10. The molecule has 1 aliphatic rings. The Morgan fingerprint density at radius 1 is 1.35 bits per heavy atom. The van der Waals surface area contributed by atoms with Gasteiger partial charge in [-0.3, -0.25) is 4.84 Å². The number of hydrogen-bond donors (Lipinski definition) is 1. The van der Waals surface area contributed by atoms with E-state index in [1.807, 2.05) is 0 Å². The molecule has 94 valence electrons. The van der Waals surface area contributed by atoms with Gasteiger partial charge in [0.25, 0.3) is 0 Å². The lowest BCUT2D eigenvalue weighted by Crippen LogP contribution is -2.03. The number of ether oxygens (including phenoxy) is 2. The maximum Gasteiger partial charge on any atom is 0.162 e. The van der Waals surface area contributed by atoms with Crippen LogP contribution in [-0.2, 0) is 11.4 Å². The maximum absolute atomic E-state index is 6.10. The molecule has 1 saturated carbocycles. The van der Waals surface area contributed by atoms with E-state index >= 15 is 0 Å². The van der Waals surface area contributed by atoms with Crippen molar-refractivity contribution in [1.82, 2.24) is 0 Å². The van der Waals surface area contributed by atoms with Gasteiger partial charge in [-0.2, -0.15) is 0 Å². The molecule has 2 N–H and O–H groups in total. The molecule has 0 heterocycles. The summed E-state index contributed by atoms with van der Waals surface area (Å²) in [5, 5.41) is 0.571. The Labute approximate surface area is 106 Å². The molecule has 0 amide bonds. The van der Waals surface area contributed by atoms with Crippen molar-refractivity contribution in [2.24, 2.45) is 11.8 Å². The van der Waals surface area contributed by atoms with E-state index in [0.717, 1.165) is 12.2 Å². The van der Waals surface area contributed by atoms with Gasteiger partial charge in [-0.05, 0) is 24.8 Å². The monoisotopic (exact) mass is 257 g/mol. The number of rotatable bonds is 6. The van der Waals surface area contributed by atoms with E-state index in [9.17, 15) is 0 Å². The second-order valence-electron chi connectivity index (χ2n) is 4.16. The second kappa shape index (κ2) is 5.58. The van der Waals surface area contributed by atoms with Gasteiger partial charge >= 0.3 is 0 Å². The molecule has 4 nitrogen and oxygen atoms in total. The molecule has 1 aromatic carbocycles. The highest BCUT2D eigenvalue weighted by Gasteiger charge is 2.22. The van der Waals surface area contributed by atoms with Crippen LogP contribution in [-0.4, -0.2) is 13.7 Å². The Morgan fingerprint density at radius 2 is 2.12 bits per heavy atom. The molecule has 17 heavy (non-hydrogen) atoms. The standard InChI is InChI=1S/C12H16ClNO3/c1-15-11-4-9(7-17-14)10(13)5-12(11)16-6-8-2-3-8/h4-5,8H,2-3,6-7,14H2,1H3. The molecule has 0 radical (unpaired) electrons. The molecule has 0 spiro atoms. The molecule has 2 rings (SSSR count). The Hall–Kier alpha value is -0.970. The van der Waals surface area contributed by atoms with Crippen molar-refractivity contribution in [1.29, 1.82) is 0 Å². The fraction of sp³-hybridized carbons (Fsp3) is 0.500. The van der Waals surface area contributed by atoms with Crippen LogP contribution in [0.3, 0.4) is 0 Å². The van der Waals surface area contributed by atoms with Crippen LogP contribution in [0, 0.1) is 5.92 Å². The quantitative estimate of drug-likeness (QED) is 0.796. The van der Waals surface area contributed by atoms with E-state index in [0.29, 0.717) is 22.4 Å². The molecule has 0 bridgehead atoms. The summed E-state index contributed by atoms with van der Waals surface area (Å²) in [4.78, 5) is 4.58. The smallest absolute Gasteiger partial charge is 0.162 e. The fourth-order valence-corrected chi connectivity index (χ4v) is 1.75. The lowest BCUT2D eigenvalue weighted by Gasteiger charge is -2.13. The minimum atomic E-state index is 0.248. The number of nitrogens with two attached hydrogens (primary N) is 1. The van der Waals surface area contributed by atoms with Crippen molar-refractivity contribution < 1.29 is 14.3 Å². The van der Waals surface area contributed by atoms with Crippen LogP contribution in [0.5, 0.6) is 11.5 Å². The first-order valence-corrected chi connectivity index (χ1v) is 5.93. The third-order valence-corrected chi connectivity index (χ3v) is 3.09. The first kappa shape index (κ1) is 12.5. The Morgan fingerprint density at radius 3 is 2.71 bits per heavy atom. The Bertz CT molecular complexity index is 394. The van der Waals surface area contributed by atoms with Gasteiger partial charge in [0.2, 0.25) is 0 Å². The van der Waals surface area contributed by atoms with Gasteiger partial charge in [0.05, 0.1) is 25.3 Å². The molecule has 1 aromatic rings. The fourth-order valence-electron chi connectivity index (χ4n) is 1.54. The van der Waals surface area contributed by atoms with E-state index in [1.54, 1.807) is 19.2 Å². The second-order valence-corrected chi connectivity index (χ2v) is 4.57. The third kappa shape index (κ3) is 3.25. The van der Waals surface area contributed by atoms with Gasteiger partial charge in [0, 0.05) is 11.6 Å². The van der Waals surface area contributed by atoms with Crippen LogP contribution in [0.25, 0.3) is 0 Å². The van der Waals surface area contributed by atoms with Crippen molar-refractivity contribution in [3.8, 4) is 11.5 Å². The summed E-state index contributed by atoms with van der Waals surface area (Å²) in [5.74, 6) is 7.05. The van der Waals surface area contributed by atoms with E-state index in [1.165, 1.54) is 12.8 Å². The van der Waals surface area contributed by atoms with Gasteiger partial charge in [0.15, 0.2) is 11.5 Å². The van der Waals surface area contributed by atoms with E-state index in [4.69, 9.17) is 27.0 Å². The molecule has 0 saturated heterocycles. The zero-order chi connectivity index (χ0) is 12.3.